The van der Waals surface area contributed by atoms with Crippen LogP contribution in [0, 0.1) is 31.6 Å². The lowest BCUT2D eigenvalue weighted by Crippen LogP contribution is -2.40. The Balaban J connectivity index is 1.60. The van der Waals surface area contributed by atoms with Crippen molar-refractivity contribution in [3.63, 3.8) is 0 Å². The molecule has 2 aromatic rings. The van der Waals surface area contributed by atoms with Crippen molar-refractivity contribution in [1.82, 2.24) is 15.5 Å². The molecule has 2 N–H and O–H groups in total. The predicted octanol–water partition coefficient (Wildman–Crippen LogP) is 4.26. The van der Waals surface area contributed by atoms with E-state index >= 15 is 0 Å². The molecule has 4 rings (SSSR count). The van der Waals surface area contributed by atoms with Crippen molar-refractivity contribution in [2.75, 3.05) is 0 Å². The third-order valence-corrected chi connectivity index (χ3v) is 7.03. The van der Waals surface area contributed by atoms with Crippen molar-refractivity contribution in [1.29, 1.82) is 0 Å². The summed E-state index contributed by atoms with van der Waals surface area (Å²) < 4.78 is 0. The summed E-state index contributed by atoms with van der Waals surface area (Å²) in [4.78, 5) is 25.0. The molecule has 2 saturated carbocycles. The van der Waals surface area contributed by atoms with Crippen LogP contribution in [0.3, 0.4) is 0 Å². The molecule has 1 aromatic carbocycles. The molecule has 0 unspecified atom stereocenters. The molecular weight excluding hydrogens is 374 g/mol. The summed E-state index contributed by atoms with van der Waals surface area (Å²) in [6, 6.07) is 5.44. The molecule has 0 saturated heterocycles. The molecule has 1 aromatic heterocycles. The van der Waals surface area contributed by atoms with E-state index in [2.05, 4.69) is 22.4 Å². The topological polar surface area (TPSA) is 74.8 Å². The Hall–Kier alpha value is -2.14. The second-order valence-electron chi connectivity index (χ2n) is 8.43. The summed E-state index contributed by atoms with van der Waals surface area (Å²) in [6.45, 7) is 5.70. The average molecular weight is 400 g/mol. The molecule has 28 heavy (non-hydrogen) atoms. The number of aryl methyl sites for hydroxylation is 1. The van der Waals surface area contributed by atoms with Crippen LogP contribution in [0.2, 0.25) is 5.02 Å². The van der Waals surface area contributed by atoms with E-state index in [0.717, 1.165) is 23.0 Å². The van der Waals surface area contributed by atoms with E-state index < -0.39 is 0 Å². The first kappa shape index (κ1) is 19.2. The van der Waals surface area contributed by atoms with Gasteiger partial charge >= 0.3 is 0 Å². The van der Waals surface area contributed by atoms with Gasteiger partial charge in [-0.2, -0.15) is 5.10 Å². The fourth-order valence-corrected chi connectivity index (χ4v) is 5.44. The molecule has 0 spiro atoms. The van der Waals surface area contributed by atoms with Gasteiger partial charge in [0, 0.05) is 17.2 Å². The highest BCUT2D eigenvalue weighted by Gasteiger charge is 2.42. The molecule has 2 fully saturated rings. The first-order valence-electron chi connectivity index (χ1n) is 10.0. The molecule has 5 nitrogen and oxygen atoms in total. The maximum Gasteiger partial charge on any atom is 0.267 e. The molecule has 2 aliphatic carbocycles. The number of halogens is 1. The van der Waals surface area contributed by atoms with Gasteiger partial charge in [-0.3, -0.25) is 9.59 Å². The molecule has 0 radical (unpaired) electrons. The largest absolute Gasteiger partial charge is 0.349 e. The first-order chi connectivity index (χ1) is 13.3. The Morgan fingerprint density at radius 2 is 2.07 bits per heavy atom. The normalized spacial score (nSPS) is 24.4. The zero-order valence-corrected chi connectivity index (χ0v) is 17.3. The Morgan fingerprint density at radius 1 is 1.29 bits per heavy atom. The van der Waals surface area contributed by atoms with Gasteiger partial charge < -0.3 is 5.32 Å². The summed E-state index contributed by atoms with van der Waals surface area (Å²) in [7, 11) is 0. The van der Waals surface area contributed by atoms with E-state index in [-0.39, 0.29) is 17.5 Å². The maximum atomic E-state index is 13.0. The zero-order valence-electron chi connectivity index (χ0n) is 16.5. The number of hydrogen-bond acceptors (Lipinski definition) is 3. The summed E-state index contributed by atoms with van der Waals surface area (Å²) in [6.07, 6.45) is 5.17. The number of H-pyrrole nitrogens is 1. The minimum absolute atomic E-state index is 0.132. The van der Waals surface area contributed by atoms with Gasteiger partial charge in [0.1, 0.15) is 0 Å². The molecular formula is C22H26ClN3O2. The van der Waals surface area contributed by atoms with Crippen molar-refractivity contribution in [3.05, 3.63) is 50.4 Å². The van der Waals surface area contributed by atoms with Crippen LogP contribution in [0.4, 0.5) is 0 Å². The highest BCUT2D eigenvalue weighted by atomic mass is 35.5. The highest BCUT2D eigenvalue weighted by Crippen LogP contribution is 2.49. The van der Waals surface area contributed by atoms with E-state index in [1.807, 2.05) is 13.0 Å². The van der Waals surface area contributed by atoms with E-state index in [9.17, 15) is 9.59 Å². The minimum atomic E-state index is -0.230. The summed E-state index contributed by atoms with van der Waals surface area (Å²) in [5.41, 5.74) is 3.02. The van der Waals surface area contributed by atoms with Crippen LogP contribution < -0.4 is 10.9 Å². The van der Waals surface area contributed by atoms with Gasteiger partial charge in [0.2, 0.25) is 0 Å². The number of nitrogens with zero attached hydrogens (tertiary/aromatic N) is 1. The van der Waals surface area contributed by atoms with E-state index in [1.54, 1.807) is 19.1 Å². The van der Waals surface area contributed by atoms with E-state index in [4.69, 9.17) is 11.6 Å². The van der Waals surface area contributed by atoms with Crippen molar-refractivity contribution >= 4 is 17.5 Å². The number of hydrogen-bond donors (Lipinski definition) is 2. The van der Waals surface area contributed by atoms with E-state index in [1.165, 1.54) is 25.7 Å². The molecule has 2 aliphatic rings. The number of amides is 1. The van der Waals surface area contributed by atoms with E-state index in [0.29, 0.717) is 27.8 Å². The third kappa shape index (κ3) is 3.37. The number of nitrogens with one attached hydrogen (secondary N) is 2. The molecule has 148 valence electrons. The Labute approximate surface area is 169 Å². The van der Waals surface area contributed by atoms with Crippen LogP contribution in [0.5, 0.6) is 0 Å². The SMILES string of the molecule is Cc1n[nH]c(=O)c(C)c1-c1ccc(Cl)c(C(=O)N[C@H](C)[C@@H]2C[C@@H]3CC[C@@H]2C3)c1. The Kier molecular flexibility index (Phi) is 5.04. The van der Waals surface area contributed by atoms with Gasteiger partial charge in [-0.15, -0.1) is 0 Å². The molecule has 4 atom stereocenters. The number of carbonyl (C=O) groups is 1. The molecule has 0 aliphatic heterocycles. The minimum Gasteiger partial charge on any atom is -0.349 e. The third-order valence-electron chi connectivity index (χ3n) is 6.70. The number of rotatable bonds is 4. The first-order valence-corrected chi connectivity index (χ1v) is 10.4. The lowest BCUT2D eigenvalue weighted by Gasteiger charge is -2.28. The summed E-state index contributed by atoms with van der Waals surface area (Å²) in [5.74, 6) is 1.99. The molecule has 1 amide bonds. The second kappa shape index (κ2) is 7.36. The number of aromatic amines is 1. The van der Waals surface area contributed by atoms with Crippen LogP contribution in [-0.2, 0) is 0 Å². The van der Waals surface area contributed by atoms with Gasteiger partial charge in [-0.25, -0.2) is 5.10 Å². The predicted molar refractivity (Wildman–Crippen MR) is 111 cm³/mol. The van der Waals surface area contributed by atoms with Crippen LogP contribution >= 0.6 is 11.6 Å². The fraction of sp³-hybridized carbons (Fsp3) is 0.500. The van der Waals surface area contributed by atoms with Gasteiger partial charge in [-0.1, -0.05) is 24.1 Å². The monoisotopic (exact) mass is 399 g/mol. The van der Waals surface area contributed by atoms with Crippen LogP contribution in [0.1, 0.15) is 54.2 Å². The molecule has 6 heteroatoms. The highest BCUT2D eigenvalue weighted by molar-refractivity contribution is 6.34. The van der Waals surface area contributed by atoms with Crippen molar-refractivity contribution in [2.24, 2.45) is 17.8 Å². The Bertz CT molecular complexity index is 984. The lowest BCUT2D eigenvalue weighted by molar-refractivity contribution is 0.0915. The van der Waals surface area contributed by atoms with Gasteiger partial charge in [0.05, 0.1) is 16.3 Å². The van der Waals surface area contributed by atoms with Gasteiger partial charge in [0.25, 0.3) is 11.5 Å². The standard InChI is InChI=1S/C22H26ClN3O2/c1-11-20(13(3)25-26-21(11)27)16-6-7-19(23)18(10-16)22(28)24-12(2)17-9-14-4-5-15(17)8-14/h6-7,10,12,14-15,17H,4-5,8-9H2,1-3H3,(H,24,28)(H,26,27)/t12-,14-,15-,17+/m1/s1. The number of aromatic nitrogens is 2. The van der Waals surface area contributed by atoms with Crippen molar-refractivity contribution < 1.29 is 4.79 Å². The fourth-order valence-electron chi connectivity index (χ4n) is 5.24. The smallest absolute Gasteiger partial charge is 0.267 e. The lowest BCUT2D eigenvalue weighted by atomic mass is 9.84. The summed E-state index contributed by atoms with van der Waals surface area (Å²) >= 11 is 6.35. The molecule has 1 heterocycles. The van der Waals surface area contributed by atoms with Crippen LogP contribution in [0.25, 0.3) is 11.1 Å². The zero-order chi connectivity index (χ0) is 20.0. The number of carbonyl (C=O) groups excluding carboxylic acids is 1. The van der Waals surface area contributed by atoms with Gasteiger partial charge in [-0.05, 0) is 75.5 Å². The Morgan fingerprint density at radius 3 is 2.75 bits per heavy atom. The van der Waals surface area contributed by atoms with Crippen LogP contribution in [-0.4, -0.2) is 22.1 Å². The summed E-state index contributed by atoms with van der Waals surface area (Å²) in [5, 5.41) is 10.1. The second-order valence-corrected chi connectivity index (χ2v) is 8.84. The maximum absolute atomic E-state index is 13.0. The average Bonchev–Trinajstić information content (AvgIpc) is 3.29. The van der Waals surface area contributed by atoms with Crippen molar-refractivity contribution in [2.45, 2.75) is 52.5 Å². The van der Waals surface area contributed by atoms with Crippen LogP contribution in [0.15, 0.2) is 23.0 Å². The van der Waals surface area contributed by atoms with Gasteiger partial charge in [0.15, 0.2) is 0 Å². The van der Waals surface area contributed by atoms with Crippen molar-refractivity contribution in [3.8, 4) is 11.1 Å². The quantitative estimate of drug-likeness (QED) is 0.806. The number of fused-ring (bicyclic) bond motifs is 2. The number of benzene rings is 1. The molecule has 2 bridgehead atoms.